The van der Waals surface area contributed by atoms with Gasteiger partial charge in [0.25, 0.3) is 0 Å². The fourth-order valence-electron chi connectivity index (χ4n) is 1.09. The average molecular weight is 195 g/mol. The molecule has 78 valence electrons. The highest BCUT2D eigenvalue weighted by molar-refractivity contribution is 5.32. The molecule has 0 spiro atoms. The third-order valence-corrected chi connectivity index (χ3v) is 2.15. The first-order valence-electron chi connectivity index (χ1n) is 4.90. The maximum absolute atomic E-state index is 9.07. The van der Waals surface area contributed by atoms with Gasteiger partial charge in [0.2, 0.25) is 0 Å². The monoisotopic (exact) mass is 195 g/mol. The fraction of sp³-hybridized carbons (Fsp3) is 0.545. The van der Waals surface area contributed by atoms with Gasteiger partial charge in [0.05, 0.1) is 12.7 Å². The number of ether oxygens (including phenoxy) is 1. The fourth-order valence-corrected chi connectivity index (χ4v) is 1.09. The molecule has 0 bridgehead atoms. The van der Waals surface area contributed by atoms with E-state index in [1.165, 1.54) is 0 Å². The van der Waals surface area contributed by atoms with E-state index in [1.54, 1.807) is 6.20 Å². The third kappa shape index (κ3) is 2.70. The smallest absolute Gasteiger partial charge is 0.128 e. The molecule has 0 aliphatic rings. The van der Waals surface area contributed by atoms with Crippen molar-refractivity contribution in [3.05, 3.63) is 23.5 Å². The lowest BCUT2D eigenvalue weighted by Gasteiger charge is -2.15. The van der Waals surface area contributed by atoms with Crippen LogP contribution in [-0.4, -0.2) is 16.2 Å². The molecule has 0 aliphatic carbocycles. The molecular weight excluding hydrogens is 178 g/mol. The first-order chi connectivity index (χ1) is 6.67. The Bertz CT molecular complexity index is 299. The lowest BCUT2D eigenvalue weighted by molar-refractivity contribution is 0.205. The summed E-state index contributed by atoms with van der Waals surface area (Å²) in [5.74, 6) is 0.745. The molecule has 1 heterocycles. The SMILES string of the molecule is CCC(C)Oc1cc(C)ncc1CO. The predicted molar refractivity (Wildman–Crippen MR) is 55.3 cm³/mol. The van der Waals surface area contributed by atoms with Gasteiger partial charge in [0.1, 0.15) is 5.75 Å². The molecule has 0 aliphatic heterocycles. The van der Waals surface area contributed by atoms with Crippen molar-refractivity contribution in [3.63, 3.8) is 0 Å². The zero-order chi connectivity index (χ0) is 10.6. The molecule has 14 heavy (non-hydrogen) atoms. The summed E-state index contributed by atoms with van der Waals surface area (Å²) in [6.45, 7) is 5.96. The maximum Gasteiger partial charge on any atom is 0.128 e. The largest absolute Gasteiger partial charge is 0.490 e. The highest BCUT2D eigenvalue weighted by Crippen LogP contribution is 2.20. The van der Waals surface area contributed by atoms with Gasteiger partial charge in [-0.25, -0.2) is 0 Å². The van der Waals surface area contributed by atoms with Crippen LogP contribution in [0.5, 0.6) is 5.75 Å². The van der Waals surface area contributed by atoms with Crippen LogP contribution in [-0.2, 0) is 6.61 Å². The second-order valence-electron chi connectivity index (χ2n) is 3.43. The number of hydrogen-bond donors (Lipinski definition) is 1. The van der Waals surface area contributed by atoms with Gasteiger partial charge < -0.3 is 9.84 Å². The van der Waals surface area contributed by atoms with Crippen LogP contribution in [0.25, 0.3) is 0 Å². The average Bonchev–Trinajstić information content (AvgIpc) is 2.18. The normalized spacial score (nSPS) is 12.6. The van der Waals surface area contributed by atoms with Gasteiger partial charge >= 0.3 is 0 Å². The van der Waals surface area contributed by atoms with Crippen molar-refractivity contribution in [3.8, 4) is 5.75 Å². The first kappa shape index (κ1) is 11.0. The van der Waals surface area contributed by atoms with Gasteiger partial charge in [0.15, 0.2) is 0 Å². The second-order valence-corrected chi connectivity index (χ2v) is 3.43. The van der Waals surface area contributed by atoms with Crippen LogP contribution in [0.2, 0.25) is 0 Å². The third-order valence-electron chi connectivity index (χ3n) is 2.15. The van der Waals surface area contributed by atoms with E-state index in [0.717, 1.165) is 23.4 Å². The number of rotatable bonds is 4. The molecule has 1 aromatic rings. The Hall–Kier alpha value is -1.09. The molecule has 0 saturated heterocycles. The molecule has 0 fully saturated rings. The molecule has 3 nitrogen and oxygen atoms in total. The molecule has 0 saturated carbocycles. The second kappa shape index (κ2) is 4.96. The molecule has 1 atom stereocenters. The molecule has 0 aromatic carbocycles. The number of aryl methyl sites for hydroxylation is 1. The first-order valence-corrected chi connectivity index (χ1v) is 4.90. The highest BCUT2D eigenvalue weighted by atomic mass is 16.5. The minimum atomic E-state index is -0.0287. The van der Waals surface area contributed by atoms with Crippen LogP contribution < -0.4 is 4.74 Å². The van der Waals surface area contributed by atoms with Gasteiger partial charge in [-0.2, -0.15) is 0 Å². The zero-order valence-electron chi connectivity index (χ0n) is 8.95. The summed E-state index contributed by atoms with van der Waals surface area (Å²) < 4.78 is 5.67. The number of aromatic nitrogens is 1. The van der Waals surface area contributed by atoms with E-state index in [2.05, 4.69) is 11.9 Å². The summed E-state index contributed by atoms with van der Waals surface area (Å²) in [5.41, 5.74) is 1.65. The van der Waals surface area contributed by atoms with Crippen LogP contribution in [0.4, 0.5) is 0 Å². The Labute approximate surface area is 84.7 Å². The Morgan fingerprint density at radius 2 is 2.29 bits per heavy atom. The molecule has 1 unspecified atom stereocenters. The Balaban J connectivity index is 2.87. The van der Waals surface area contributed by atoms with Crippen molar-refractivity contribution in [2.75, 3.05) is 0 Å². The quantitative estimate of drug-likeness (QED) is 0.799. The summed E-state index contributed by atoms with van der Waals surface area (Å²) in [5, 5.41) is 9.07. The van der Waals surface area contributed by atoms with Gasteiger partial charge in [-0.05, 0) is 20.3 Å². The minimum absolute atomic E-state index is 0.0287. The van der Waals surface area contributed by atoms with Crippen molar-refractivity contribution in [1.29, 1.82) is 0 Å². The number of pyridine rings is 1. The van der Waals surface area contributed by atoms with E-state index in [0.29, 0.717) is 0 Å². The molecular formula is C11H17NO2. The van der Waals surface area contributed by atoms with E-state index in [-0.39, 0.29) is 12.7 Å². The van der Waals surface area contributed by atoms with E-state index >= 15 is 0 Å². The van der Waals surface area contributed by atoms with Crippen molar-refractivity contribution in [2.45, 2.75) is 39.9 Å². The summed E-state index contributed by atoms with van der Waals surface area (Å²) in [7, 11) is 0. The lowest BCUT2D eigenvalue weighted by atomic mass is 10.2. The van der Waals surface area contributed by atoms with Crippen LogP contribution in [0.15, 0.2) is 12.3 Å². The Kier molecular flexibility index (Phi) is 3.89. The van der Waals surface area contributed by atoms with Gasteiger partial charge in [-0.3, -0.25) is 4.98 Å². The number of aliphatic hydroxyl groups excluding tert-OH is 1. The zero-order valence-corrected chi connectivity index (χ0v) is 8.95. The molecule has 1 N–H and O–H groups in total. The van der Waals surface area contributed by atoms with Crippen LogP contribution >= 0.6 is 0 Å². The van der Waals surface area contributed by atoms with Crippen LogP contribution in [0, 0.1) is 6.92 Å². The van der Waals surface area contributed by atoms with Gasteiger partial charge in [-0.1, -0.05) is 6.92 Å². The topological polar surface area (TPSA) is 42.4 Å². The van der Waals surface area contributed by atoms with Crippen molar-refractivity contribution in [1.82, 2.24) is 4.98 Å². The van der Waals surface area contributed by atoms with Crippen molar-refractivity contribution < 1.29 is 9.84 Å². The van der Waals surface area contributed by atoms with E-state index in [9.17, 15) is 0 Å². The Morgan fingerprint density at radius 1 is 1.57 bits per heavy atom. The molecule has 3 heteroatoms. The number of hydrogen-bond acceptors (Lipinski definition) is 3. The van der Waals surface area contributed by atoms with Crippen LogP contribution in [0.3, 0.4) is 0 Å². The molecule has 0 radical (unpaired) electrons. The maximum atomic E-state index is 9.07. The van der Waals surface area contributed by atoms with E-state index < -0.39 is 0 Å². The summed E-state index contributed by atoms with van der Waals surface area (Å²) >= 11 is 0. The summed E-state index contributed by atoms with van der Waals surface area (Å²) in [4.78, 5) is 4.10. The van der Waals surface area contributed by atoms with Crippen molar-refractivity contribution in [2.24, 2.45) is 0 Å². The van der Waals surface area contributed by atoms with E-state index in [4.69, 9.17) is 9.84 Å². The molecule has 0 amide bonds. The number of aliphatic hydroxyl groups is 1. The van der Waals surface area contributed by atoms with E-state index in [1.807, 2.05) is 19.9 Å². The van der Waals surface area contributed by atoms with Gasteiger partial charge in [-0.15, -0.1) is 0 Å². The lowest BCUT2D eigenvalue weighted by Crippen LogP contribution is -2.11. The van der Waals surface area contributed by atoms with Crippen molar-refractivity contribution >= 4 is 0 Å². The summed E-state index contributed by atoms with van der Waals surface area (Å²) in [6, 6.07) is 1.86. The molecule has 1 aromatic heterocycles. The van der Waals surface area contributed by atoms with Gasteiger partial charge in [0, 0.05) is 23.5 Å². The van der Waals surface area contributed by atoms with Crippen LogP contribution in [0.1, 0.15) is 31.5 Å². The standard InChI is InChI=1S/C11H17NO2/c1-4-9(3)14-11-5-8(2)12-6-10(11)7-13/h5-6,9,13H,4,7H2,1-3H3. The predicted octanol–water partition coefficient (Wildman–Crippen LogP) is 2.06. The highest BCUT2D eigenvalue weighted by Gasteiger charge is 2.07. The number of nitrogens with zero attached hydrogens (tertiary/aromatic N) is 1. The Morgan fingerprint density at radius 3 is 2.86 bits per heavy atom. The molecule has 1 rings (SSSR count). The minimum Gasteiger partial charge on any atom is -0.490 e. The summed E-state index contributed by atoms with van der Waals surface area (Å²) in [6.07, 6.45) is 2.78.